The van der Waals surface area contributed by atoms with Crippen LogP contribution in [0.5, 0.6) is 0 Å². The largest absolute Gasteiger partial charge is 0.361 e. The molecule has 0 amide bonds. The molecule has 0 fully saturated rings. The first-order valence-corrected chi connectivity index (χ1v) is 7.38. The predicted octanol–water partition coefficient (Wildman–Crippen LogP) is 4.13. The third-order valence-corrected chi connectivity index (χ3v) is 4.34. The molecule has 1 unspecified atom stereocenters. The number of aromatic nitrogens is 2. The van der Waals surface area contributed by atoms with Crippen LogP contribution in [-0.4, -0.2) is 9.97 Å². The molecule has 3 nitrogen and oxygen atoms in total. The molecule has 2 aromatic heterocycles. The highest BCUT2D eigenvalue weighted by Gasteiger charge is 2.09. The first-order chi connectivity index (χ1) is 9.24. The zero-order valence-electron chi connectivity index (χ0n) is 10.5. The fourth-order valence-corrected chi connectivity index (χ4v) is 2.95. The number of hydrogen-bond donors (Lipinski definition) is 2. The molecule has 19 heavy (non-hydrogen) atoms. The van der Waals surface area contributed by atoms with Crippen LogP contribution in [0.15, 0.2) is 36.0 Å². The minimum absolute atomic E-state index is 0.261. The summed E-state index contributed by atoms with van der Waals surface area (Å²) in [6.07, 6.45) is 3.87. The number of thiazole rings is 1. The number of nitrogens with zero attached hydrogens (tertiary/aromatic N) is 1. The Morgan fingerprint density at radius 2 is 2.37 bits per heavy atom. The fraction of sp³-hybridized carbons (Fsp3) is 0.214. The Labute approximate surface area is 120 Å². The molecule has 0 spiro atoms. The second-order valence-electron chi connectivity index (χ2n) is 4.48. The van der Waals surface area contributed by atoms with Crippen LogP contribution in [0.2, 0.25) is 5.02 Å². The molecule has 2 N–H and O–H groups in total. The Bertz CT molecular complexity index is 675. The predicted molar refractivity (Wildman–Crippen MR) is 80.7 cm³/mol. The van der Waals surface area contributed by atoms with E-state index in [0.717, 1.165) is 22.1 Å². The molecule has 0 aliphatic heterocycles. The van der Waals surface area contributed by atoms with Gasteiger partial charge in [-0.05, 0) is 24.6 Å². The molecular weight excluding hydrogens is 278 g/mol. The van der Waals surface area contributed by atoms with E-state index in [0.29, 0.717) is 0 Å². The van der Waals surface area contributed by atoms with E-state index in [1.54, 1.807) is 11.3 Å². The number of fused-ring (bicyclic) bond motifs is 1. The SMILES string of the molecule is CC(NCc1c[nH]c2cc(Cl)ccc12)c1nccs1. The number of halogens is 1. The highest BCUT2D eigenvalue weighted by molar-refractivity contribution is 7.09. The molecule has 5 heteroatoms. The summed E-state index contributed by atoms with van der Waals surface area (Å²) in [5.74, 6) is 0. The maximum Gasteiger partial charge on any atom is 0.109 e. The van der Waals surface area contributed by atoms with Gasteiger partial charge in [0.15, 0.2) is 0 Å². The molecule has 1 atom stereocenters. The number of benzene rings is 1. The molecule has 2 heterocycles. The third-order valence-electron chi connectivity index (χ3n) is 3.15. The monoisotopic (exact) mass is 291 g/mol. The van der Waals surface area contributed by atoms with Gasteiger partial charge in [-0.25, -0.2) is 4.98 Å². The van der Waals surface area contributed by atoms with Crippen LogP contribution in [-0.2, 0) is 6.54 Å². The summed E-state index contributed by atoms with van der Waals surface area (Å²) < 4.78 is 0. The van der Waals surface area contributed by atoms with Gasteiger partial charge in [-0.3, -0.25) is 0 Å². The lowest BCUT2D eigenvalue weighted by atomic mass is 10.1. The van der Waals surface area contributed by atoms with Crippen molar-refractivity contribution in [3.8, 4) is 0 Å². The van der Waals surface area contributed by atoms with Crippen molar-refractivity contribution in [1.29, 1.82) is 0 Å². The Morgan fingerprint density at radius 1 is 1.47 bits per heavy atom. The second kappa shape index (κ2) is 5.33. The van der Waals surface area contributed by atoms with Crippen molar-refractivity contribution in [2.45, 2.75) is 19.5 Å². The molecule has 0 aliphatic rings. The topological polar surface area (TPSA) is 40.7 Å². The van der Waals surface area contributed by atoms with Crippen molar-refractivity contribution in [2.24, 2.45) is 0 Å². The summed E-state index contributed by atoms with van der Waals surface area (Å²) in [4.78, 5) is 7.57. The van der Waals surface area contributed by atoms with E-state index in [9.17, 15) is 0 Å². The van der Waals surface area contributed by atoms with Crippen LogP contribution in [0, 0.1) is 0 Å². The smallest absolute Gasteiger partial charge is 0.109 e. The average Bonchev–Trinajstić information content (AvgIpc) is 3.05. The molecule has 0 saturated heterocycles. The van der Waals surface area contributed by atoms with Gasteiger partial charge in [0.1, 0.15) is 5.01 Å². The first kappa shape index (κ1) is 12.7. The van der Waals surface area contributed by atoms with Crippen molar-refractivity contribution in [3.05, 3.63) is 51.6 Å². The summed E-state index contributed by atoms with van der Waals surface area (Å²) in [6, 6.07) is 6.19. The highest BCUT2D eigenvalue weighted by atomic mass is 35.5. The van der Waals surface area contributed by atoms with Gasteiger partial charge in [-0.2, -0.15) is 0 Å². The van der Waals surface area contributed by atoms with Crippen molar-refractivity contribution >= 4 is 33.8 Å². The fourth-order valence-electron chi connectivity index (χ4n) is 2.10. The highest BCUT2D eigenvalue weighted by Crippen LogP contribution is 2.23. The maximum absolute atomic E-state index is 5.98. The maximum atomic E-state index is 5.98. The average molecular weight is 292 g/mol. The zero-order chi connectivity index (χ0) is 13.2. The Kier molecular flexibility index (Phi) is 3.55. The van der Waals surface area contributed by atoms with Gasteiger partial charge in [0.05, 0.1) is 6.04 Å². The van der Waals surface area contributed by atoms with Gasteiger partial charge in [0.2, 0.25) is 0 Å². The van der Waals surface area contributed by atoms with E-state index < -0.39 is 0 Å². The Balaban J connectivity index is 1.75. The van der Waals surface area contributed by atoms with Gasteiger partial charge in [-0.1, -0.05) is 17.7 Å². The third kappa shape index (κ3) is 2.66. The lowest BCUT2D eigenvalue weighted by Crippen LogP contribution is -2.17. The molecule has 3 aromatic rings. The molecular formula is C14H14ClN3S. The van der Waals surface area contributed by atoms with E-state index in [-0.39, 0.29) is 6.04 Å². The van der Waals surface area contributed by atoms with Crippen LogP contribution in [0.4, 0.5) is 0 Å². The van der Waals surface area contributed by atoms with Gasteiger partial charge in [0.25, 0.3) is 0 Å². The standard InChI is InChI=1S/C14H14ClN3S/c1-9(14-16-4-5-19-14)17-7-10-8-18-13-6-11(15)2-3-12(10)13/h2-6,8-9,17-18H,7H2,1H3. The summed E-state index contributed by atoms with van der Waals surface area (Å²) >= 11 is 7.66. The summed E-state index contributed by atoms with van der Waals surface area (Å²) in [5, 5.41) is 8.57. The van der Waals surface area contributed by atoms with E-state index in [2.05, 4.69) is 28.3 Å². The number of H-pyrrole nitrogens is 1. The number of nitrogens with one attached hydrogen (secondary N) is 2. The van der Waals surface area contributed by atoms with E-state index in [4.69, 9.17) is 11.6 Å². The van der Waals surface area contributed by atoms with Crippen LogP contribution in [0.1, 0.15) is 23.5 Å². The molecule has 0 aliphatic carbocycles. The van der Waals surface area contributed by atoms with Gasteiger partial charge >= 0.3 is 0 Å². The molecule has 1 aromatic carbocycles. The van der Waals surface area contributed by atoms with E-state index in [1.165, 1.54) is 10.9 Å². The van der Waals surface area contributed by atoms with Crippen molar-refractivity contribution < 1.29 is 0 Å². The molecule has 0 radical (unpaired) electrons. The van der Waals surface area contributed by atoms with E-state index in [1.807, 2.05) is 29.9 Å². The first-order valence-electron chi connectivity index (χ1n) is 6.12. The number of aromatic amines is 1. The molecule has 0 bridgehead atoms. The van der Waals surface area contributed by atoms with Crippen molar-refractivity contribution in [2.75, 3.05) is 0 Å². The van der Waals surface area contributed by atoms with Gasteiger partial charge < -0.3 is 10.3 Å². The Morgan fingerprint density at radius 3 is 3.16 bits per heavy atom. The van der Waals surface area contributed by atoms with Crippen LogP contribution in [0.3, 0.4) is 0 Å². The number of rotatable bonds is 4. The lowest BCUT2D eigenvalue weighted by molar-refractivity contribution is 0.573. The minimum atomic E-state index is 0.261. The summed E-state index contributed by atoms with van der Waals surface area (Å²) in [7, 11) is 0. The molecule has 0 saturated carbocycles. The van der Waals surface area contributed by atoms with Crippen LogP contribution < -0.4 is 5.32 Å². The quantitative estimate of drug-likeness (QED) is 0.759. The lowest BCUT2D eigenvalue weighted by Gasteiger charge is -2.10. The molecule has 98 valence electrons. The summed E-state index contributed by atoms with van der Waals surface area (Å²) in [6.45, 7) is 2.94. The van der Waals surface area contributed by atoms with Crippen LogP contribution >= 0.6 is 22.9 Å². The summed E-state index contributed by atoms with van der Waals surface area (Å²) in [5.41, 5.74) is 2.32. The van der Waals surface area contributed by atoms with Crippen LogP contribution in [0.25, 0.3) is 10.9 Å². The van der Waals surface area contributed by atoms with E-state index >= 15 is 0 Å². The molecule has 3 rings (SSSR count). The number of hydrogen-bond acceptors (Lipinski definition) is 3. The van der Waals surface area contributed by atoms with Gasteiger partial charge in [-0.15, -0.1) is 11.3 Å². The van der Waals surface area contributed by atoms with Gasteiger partial charge in [0, 0.05) is 40.2 Å². The Hall–Kier alpha value is -1.36. The zero-order valence-corrected chi connectivity index (χ0v) is 12.1. The van der Waals surface area contributed by atoms with Crippen molar-refractivity contribution in [3.63, 3.8) is 0 Å². The normalized spacial score (nSPS) is 12.9. The second-order valence-corrected chi connectivity index (χ2v) is 5.84. The van der Waals surface area contributed by atoms with Crippen molar-refractivity contribution in [1.82, 2.24) is 15.3 Å². The minimum Gasteiger partial charge on any atom is -0.361 e.